The number of carbonyl (C=O) groups is 2. The van der Waals surface area contributed by atoms with Crippen LogP contribution in [-0.2, 0) is 14.3 Å². The highest BCUT2D eigenvalue weighted by molar-refractivity contribution is 6.00. The number of cyclic esters (lactones) is 1. The average Bonchev–Trinajstić information content (AvgIpc) is 2.86. The summed E-state index contributed by atoms with van der Waals surface area (Å²) in [6.07, 6.45) is 0. The molecule has 0 aliphatic carbocycles. The first-order valence-corrected chi connectivity index (χ1v) is 6.76. The maximum absolute atomic E-state index is 12.0. The fraction of sp³-hybridized carbons (Fsp3) is 0.200. The van der Waals surface area contributed by atoms with Crippen molar-refractivity contribution in [2.75, 3.05) is 6.61 Å². The van der Waals surface area contributed by atoms with Crippen LogP contribution in [0, 0.1) is 10.1 Å². The molecular formula is C15H12N2O6. The van der Waals surface area contributed by atoms with Crippen LogP contribution in [0.1, 0.15) is 18.4 Å². The first-order chi connectivity index (χ1) is 10.9. The molecule has 0 saturated heterocycles. The van der Waals surface area contributed by atoms with Crippen molar-refractivity contribution in [3.63, 3.8) is 0 Å². The number of rotatable bonds is 3. The van der Waals surface area contributed by atoms with Crippen LogP contribution < -0.4 is 5.32 Å². The summed E-state index contributed by atoms with van der Waals surface area (Å²) in [7, 11) is 0. The zero-order chi connectivity index (χ0) is 16.7. The summed E-state index contributed by atoms with van der Waals surface area (Å²) in [5.41, 5.74) is 0.706. The molecule has 0 amide bonds. The van der Waals surface area contributed by atoms with Gasteiger partial charge in [-0.2, -0.15) is 0 Å². The van der Waals surface area contributed by atoms with E-state index in [9.17, 15) is 24.8 Å². The number of nitro benzene ring substituents is 1. The van der Waals surface area contributed by atoms with Gasteiger partial charge in [0.15, 0.2) is 0 Å². The number of carboxylic acid groups (broad SMARTS) is 1. The normalized spacial score (nSPS) is 20.0. The van der Waals surface area contributed by atoms with Gasteiger partial charge in [0.05, 0.1) is 27.7 Å². The summed E-state index contributed by atoms with van der Waals surface area (Å²) in [5.74, 6) is -2.95. The lowest BCUT2D eigenvalue weighted by Gasteiger charge is -2.26. The van der Waals surface area contributed by atoms with E-state index in [0.717, 1.165) is 0 Å². The van der Waals surface area contributed by atoms with Crippen LogP contribution >= 0.6 is 0 Å². The van der Waals surface area contributed by atoms with E-state index >= 15 is 0 Å². The number of carboxylic acids is 1. The molecular weight excluding hydrogens is 304 g/mol. The lowest BCUT2D eigenvalue weighted by atomic mass is 9.80. The second-order valence-corrected chi connectivity index (χ2v) is 5.19. The largest absolute Gasteiger partial charge is 0.478 e. The Hall–Kier alpha value is -3.16. The van der Waals surface area contributed by atoms with Gasteiger partial charge in [-0.05, 0) is 6.92 Å². The van der Waals surface area contributed by atoms with Gasteiger partial charge in [-0.3, -0.25) is 10.1 Å². The van der Waals surface area contributed by atoms with Crippen molar-refractivity contribution in [1.82, 2.24) is 5.32 Å². The number of nitrogens with zero attached hydrogens (tertiary/aromatic N) is 1. The van der Waals surface area contributed by atoms with Gasteiger partial charge in [-0.15, -0.1) is 0 Å². The Balaban J connectivity index is 2.27. The smallest absolute Gasteiger partial charge is 0.337 e. The molecule has 0 aromatic heterocycles. The standard InChI is InChI=1S/C15H12N2O6/c1-7-11(14(18)19)12(13-9(16-7)6-23-15(13)20)8-4-2-3-5-10(8)17(21)22/h2-5,12,16H,6H2,1H3,(H,18,19). The molecule has 1 unspecified atom stereocenters. The van der Waals surface area contributed by atoms with Crippen molar-refractivity contribution in [2.24, 2.45) is 0 Å². The molecule has 0 bridgehead atoms. The third-order valence-corrected chi connectivity index (χ3v) is 3.89. The van der Waals surface area contributed by atoms with Crippen molar-refractivity contribution >= 4 is 17.6 Å². The van der Waals surface area contributed by atoms with Crippen LogP contribution in [0.5, 0.6) is 0 Å². The summed E-state index contributed by atoms with van der Waals surface area (Å²) in [6, 6.07) is 5.80. The number of nitrogens with one attached hydrogen (secondary N) is 1. The molecule has 0 radical (unpaired) electrons. The lowest BCUT2D eigenvalue weighted by Crippen LogP contribution is -2.29. The molecule has 8 heteroatoms. The van der Waals surface area contributed by atoms with Crippen LogP contribution in [0.15, 0.2) is 46.8 Å². The molecule has 2 heterocycles. The van der Waals surface area contributed by atoms with Crippen molar-refractivity contribution in [3.05, 3.63) is 62.5 Å². The number of allylic oxidation sites excluding steroid dienone is 1. The molecule has 118 valence electrons. The number of carbonyl (C=O) groups excluding carboxylic acids is 1. The molecule has 8 nitrogen and oxygen atoms in total. The molecule has 0 saturated carbocycles. The Kier molecular flexibility index (Phi) is 3.36. The van der Waals surface area contributed by atoms with Gasteiger partial charge in [0, 0.05) is 17.3 Å². The maximum Gasteiger partial charge on any atom is 0.337 e. The van der Waals surface area contributed by atoms with Gasteiger partial charge in [0.1, 0.15) is 6.61 Å². The summed E-state index contributed by atoms with van der Waals surface area (Å²) < 4.78 is 4.96. The minimum absolute atomic E-state index is 0.00443. The van der Waals surface area contributed by atoms with E-state index in [-0.39, 0.29) is 29.0 Å². The summed E-state index contributed by atoms with van der Waals surface area (Å²) in [6.45, 7) is 1.55. The van der Waals surface area contributed by atoms with Gasteiger partial charge >= 0.3 is 11.9 Å². The van der Waals surface area contributed by atoms with Gasteiger partial charge in [0.25, 0.3) is 5.69 Å². The number of hydrogen-bond donors (Lipinski definition) is 2. The van der Waals surface area contributed by atoms with E-state index in [1.807, 2.05) is 0 Å². The summed E-state index contributed by atoms with van der Waals surface area (Å²) >= 11 is 0. The van der Waals surface area contributed by atoms with Crippen molar-refractivity contribution in [1.29, 1.82) is 0 Å². The van der Waals surface area contributed by atoms with E-state index in [1.54, 1.807) is 13.0 Å². The van der Waals surface area contributed by atoms with Gasteiger partial charge in [0.2, 0.25) is 0 Å². The zero-order valence-electron chi connectivity index (χ0n) is 12.0. The van der Waals surface area contributed by atoms with E-state index in [1.165, 1.54) is 18.2 Å². The van der Waals surface area contributed by atoms with E-state index in [4.69, 9.17) is 4.74 Å². The lowest BCUT2D eigenvalue weighted by molar-refractivity contribution is -0.385. The first-order valence-electron chi connectivity index (χ1n) is 6.76. The fourth-order valence-corrected chi connectivity index (χ4v) is 2.96. The van der Waals surface area contributed by atoms with Crippen LogP contribution in [0.4, 0.5) is 5.69 Å². The number of para-hydroxylation sites is 1. The van der Waals surface area contributed by atoms with Crippen molar-refractivity contribution < 1.29 is 24.4 Å². The van der Waals surface area contributed by atoms with Crippen molar-refractivity contribution in [2.45, 2.75) is 12.8 Å². The predicted octanol–water partition coefficient (Wildman–Crippen LogP) is 1.45. The van der Waals surface area contributed by atoms with E-state index < -0.39 is 22.8 Å². The number of dihydropyridines is 1. The minimum atomic E-state index is -1.25. The molecule has 23 heavy (non-hydrogen) atoms. The zero-order valence-corrected chi connectivity index (χ0v) is 12.0. The molecule has 1 aromatic carbocycles. The topological polar surface area (TPSA) is 119 Å². The number of nitro groups is 1. The molecule has 1 atom stereocenters. The third kappa shape index (κ3) is 2.24. The van der Waals surface area contributed by atoms with Crippen molar-refractivity contribution in [3.8, 4) is 0 Å². The number of benzene rings is 1. The molecule has 2 aliphatic heterocycles. The van der Waals surface area contributed by atoms with Crippen LogP contribution in [0.2, 0.25) is 0 Å². The van der Waals surface area contributed by atoms with Crippen LogP contribution in [0.25, 0.3) is 0 Å². The SMILES string of the molecule is CC1=C(C(=O)O)C(c2ccccc2[N+](=O)[O-])C2=C(COC2=O)N1. The molecule has 0 spiro atoms. The highest BCUT2D eigenvalue weighted by Crippen LogP contribution is 2.43. The quantitative estimate of drug-likeness (QED) is 0.492. The van der Waals surface area contributed by atoms with Gasteiger partial charge < -0.3 is 15.2 Å². The summed E-state index contributed by atoms with van der Waals surface area (Å²) in [4.78, 5) is 34.4. The Morgan fingerprint density at radius 3 is 2.78 bits per heavy atom. The number of esters is 1. The third-order valence-electron chi connectivity index (χ3n) is 3.89. The Labute approximate surface area is 130 Å². The van der Waals surface area contributed by atoms with Crippen LogP contribution in [-0.4, -0.2) is 28.6 Å². The molecule has 2 aliphatic rings. The minimum Gasteiger partial charge on any atom is -0.478 e. The number of ether oxygens (including phenoxy) is 1. The average molecular weight is 316 g/mol. The molecule has 0 fully saturated rings. The summed E-state index contributed by atoms with van der Waals surface area (Å²) in [5, 5.41) is 23.7. The number of hydrogen-bond acceptors (Lipinski definition) is 6. The molecule has 2 N–H and O–H groups in total. The number of aliphatic carboxylic acids is 1. The monoisotopic (exact) mass is 316 g/mol. The fourth-order valence-electron chi connectivity index (χ4n) is 2.96. The second-order valence-electron chi connectivity index (χ2n) is 5.19. The Bertz CT molecular complexity index is 806. The Morgan fingerprint density at radius 1 is 1.43 bits per heavy atom. The van der Waals surface area contributed by atoms with Gasteiger partial charge in [-0.25, -0.2) is 9.59 Å². The maximum atomic E-state index is 12.0. The predicted molar refractivity (Wildman–Crippen MR) is 77.3 cm³/mol. The van der Waals surface area contributed by atoms with Crippen LogP contribution in [0.3, 0.4) is 0 Å². The first kappa shape index (κ1) is 14.8. The second kappa shape index (κ2) is 5.24. The highest BCUT2D eigenvalue weighted by atomic mass is 16.6. The van der Waals surface area contributed by atoms with Gasteiger partial charge in [-0.1, -0.05) is 18.2 Å². The Morgan fingerprint density at radius 2 is 2.13 bits per heavy atom. The highest BCUT2D eigenvalue weighted by Gasteiger charge is 2.43. The van der Waals surface area contributed by atoms with E-state index in [2.05, 4.69) is 5.32 Å². The molecule has 3 rings (SSSR count). The molecule has 1 aromatic rings. The van der Waals surface area contributed by atoms with E-state index in [0.29, 0.717) is 11.4 Å².